The van der Waals surface area contributed by atoms with Crippen molar-refractivity contribution >= 4 is 11.9 Å². The third-order valence-corrected chi connectivity index (χ3v) is 3.68. The van der Waals surface area contributed by atoms with E-state index in [9.17, 15) is 9.59 Å². The summed E-state index contributed by atoms with van der Waals surface area (Å²) in [5.74, 6) is 0.286. The predicted octanol–water partition coefficient (Wildman–Crippen LogP) is 1.18. The van der Waals surface area contributed by atoms with Gasteiger partial charge in [0.1, 0.15) is 5.75 Å². The number of piperazine rings is 1. The van der Waals surface area contributed by atoms with Crippen LogP contribution in [0, 0.1) is 0 Å². The van der Waals surface area contributed by atoms with Gasteiger partial charge in [0, 0.05) is 31.7 Å². The zero-order chi connectivity index (χ0) is 15.2. The molecule has 1 N–H and O–H groups in total. The van der Waals surface area contributed by atoms with Crippen LogP contribution in [-0.4, -0.2) is 61.6 Å². The number of methoxy groups -OCH3 is 1. The van der Waals surface area contributed by atoms with Gasteiger partial charge in [-0.15, -0.1) is 0 Å². The number of carbonyl (C=O) groups excluding carboxylic acids is 2. The molecule has 3 amide bonds. The van der Waals surface area contributed by atoms with Crippen molar-refractivity contribution in [2.45, 2.75) is 6.92 Å². The molecule has 1 fully saturated rings. The maximum atomic E-state index is 12.1. The molecule has 1 saturated heterocycles. The molecule has 6 heteroatoms. The molecule has 1 aromatic carbocycles. The summed E-state index contributed by atoms with van der Waals surface area (Å²) in [6, 6.07) is 6.33. The minimum atomic E-state index is -0.388. The third-order valence-electron chi connectivity index (χ3n) is 3.68. The lowest BCUT2D eigenvalue weighted by atomic mass is 10.2. The van der Waals surface area contributed by atoms with Crippen LogP contribution in [0.1, 0.15) is 17.3 Å². The summed E-state index contributed by atoms with van der Waals surface area (Å²) >= 11 is 0. The van der Waals surface area contributed by atoms with Crippen molar-refractivity contribution in [3.8, 4) is 5.75 Å². The second-order valence-electron chi connectivity index (χ2n) is 4.91. The molecule has 0 unspecified atom stereocenters. The summed E-state index contributed by atoms with van der Waals surface area (Å²) in [6.45, 7) is 6.08. The van der Waals surface area contributed by atoms with Gasteiger partial charge in [-0.25, -0.2) is 4.79 Å². The topological polar surface area (TPSA) is 61.9 Å². The molecule has 1 aromatic rings. The van der Waals surface area contributed by atoms with Crippen LogP contribution in [0.15, 0.2) is 24.3 Å². The molecular formula is C15H21N3O3. The molecule has 2 rings (SSSR count). The molecule has 0 bridgehead atoms. The van der Waals surface area contributed by atoms with E-state index in [-0.39, 0.29) is 11.9 Å². The molecule has 0 aliphatic carbocycles. The first kappa shape index (κ1) is 15.3. The highest BCUT2D eigenvalue weighted by Crippen LogP contribution is 2.11. The lowest BCUT2D eigenvalue weighted by Crippen LogP contribution is -2.52. The van der Waals surface area contributed by atoms with E-state index in [2.05, 4.69) is 17.1 Å². The molecule has 1 heterocycles. The van der Waals surface area contributed by atoms with E-state index in [1.165, 1.54) is 0 Å². The van der Waals surface area contributed by atoms with E-state index in [4.69, 9.17) is 4.74 Å². The Hall–Kier alpha value is -2.08. The van der Waals surface area contributed by atoms with Crippen molar-refractivity contribution in [2.75, 3.05) is 39.8 Å². The third kappa shape index (κ3) is 3.95. The van der Waals surface area contributed by atoms with Crippen LogP contribution in [0.25, 0.3) is 0 Å². The van der Waals surface area contributed by atoms with Gasteiger partial charge >= 0.3 is 6.03 Å². The van der Waals surface area contributed by atoms with Gasteiger partial charge in [0.2, 0.25) is 0 Å². The number of amides is 3. The molecule has 114 valence electrons. The Morgan fingerprint density at radius 3 is 2.29 bits per heavy atom. The summed E-state index contributed by atoms with van der Waals surface area (Å²) in [5.41, 5.74) is 0.441. The number of likely N-dealkylation sites (N-methyl/N-ethyl adjacent to an activating group) is 1. The standard InChI is InChI=1S/C15H21N3O3/c1-3-17-8-10-18(11-9-17)15(20)16-14(19)12-4-6-13(21-2)7-5-12/h4-7H,3,8-11H2,1-2H3,(H,16,19,20). The van der Waals surface area contributed by atoms with Crippen molar-refractivity contribution in [3.05, 3.63) is 29.8 Å². The van der Waals surface area contributed by atoms with E-state index >= 15 is 0 Å². The van der Waals surface area contributed by atoms with Gasteiger partial charge in [0.05, 0.1) is 7.11 Å². The zero-order valence-corrected chi connectivity index (χ0v) is 12.5. The largest absolute Gasteiger partial charge is 0.497 e. The van der Waals surface area contributed by atoms with E-state index in [0.717, 1.165) is 19.6 Å². The lowest BCUT2D eigenvalue weighted by molar-refractivity contribution is 0.0936. The average molecular weight is 291 g/mol. The van der Waals surface area contributed by atoms with Crippen molar-refractivity contribution in [1.29, 1.82) is 0 Å². The van der Waals surface area contributed by atoms with Gasteiger partial charge in [-0.1, -0.05) is 6.92 Å². The number of rotatable bonds is 3. The Morgan fingerprint density at radius 2 is 1.76 bits per heavy atom. The molecule has 0 saturated carbocycles. The smallest absolute Gasteiger partial charge is 0.324 e. The van der Waals surface area contributed by atoms with E-state index in [1.54, 1.807) is 36.3 Å². The number of ether oxygens (including phenoxy) is 1. The Morgan fingerprint density at radius 1 is 1.14 bits per heavy atom. The lowest BCUT2D eigenvalue weighted by Gasteiger charge is -2.33. The second-order valence-corrected chi connectivity index (χ2v) is 4.91. The Balaban J connectivity index is 1.88. The van der Waals surface area contributed by atoms with Crippen LogP contribution >= 0.6 is 0 Å². The monoisotopic (exact) mass is 291 g/mol. The SMILES string of the molecule is CCN1CCN(C(=O)NC(=O)c2ccc(OC)cc2)CC1. The first-order valence-corrected chi connectivity index (χ1v) is 7.10. The Kier molecular flexibility index (Phi) is 5.16. The fourth-order valence-corrected chi connectivity index (χ4v) is 2.26. The maximum absolute atomic E-state index is 12.1. The number of imide groups is 1. The number of carbonyl (C=O) groups is 2. The highest BCUT2D eigenvalue weighted by molar-refractivity contribution is 6.04. The number of hydrogen-bond donors (Lipinski definition) is 1. The molecule has 6 nitrogen and oxygen atoms in total. The molecule has 21 heavy (non-hydrogen) atoms. The average Bonchev–Trinajstić information content (AvgIpc) is 2.55. The molecular weight excluding hydrogens is 270 g/mol. The molecule has 0 atom stereocenters. The molecule has 1 aliphatic heterocycles. The van der Waals surface area contributed by atoms with Crippen LogP contribution in [-0.2, 0) is 0 Å². The predicted molar refractivity (Wildman–Crippen MR) is 79.5 cm³/mol. The zero-order valence-electron chi connectivity index (χ0n) is 12.5. The highest BCUT2D eigenvalue weighted by atomic mass is 16.5. The fourth-order valence-electron chi connectivity index (χ4n) is 2.26. The number of urea groups is 1. The maximum Gasteiger partial charge on any atom is 0.324 e. The Bertz CT molecular complexity index is 493. The van der Waals surface area contributed by atoms with Crippen LogP contribution in [0.2, 0.25) is 0 Å². The fraction of sp³-hybridized carbons (Fsp3) is 0.467. The van der Waals surface area contributed by atoms with Crippen LogP contribution in [0.4, 0.5) is 4.79 Å². The molecule has 0 radical (unpaired) electrons. The first-order valence-electron chi connectivity index (χ1n) is 7.10. The number of nitrogens with zero attached hydrogens (tertiary/aromatic N) is 2. The molecule has 0 spiro atoms. The van der Waals surface area contributed by atoms with Crippen molar-refractivity contribution in [3.63, 3.8) is 0 Å². The van der Waals surface area contributed by atoms with Crippen LogP contribution in [0.5, 0.6) is 5.75 Å². The van der Waals surface area contributed by atoms with Crippen molar-refractivity contribution < 1.29 is 14.3 Å². The quantitative estimate of drug-likeness (QED) is 0.908. The van der Waals surface area contributed by atoms with Crippen molar-refractivity contribution in [1.82, 2.24) is 15.1 Å². The van der Waals surface area contributed by atoms with Crippen LogP contribution < -0.4 is 10.1 Å². The number of nitrogens with one attached hydrogen (secondary N) is 1. The minimum Gasteiger partial charge on any atom is -0.497 e. The van der Waals surface area contributed by atoms with Crippen molar-refractivity contribution in [2.24, 2.45) is 0 Å². The second kappa shape index (κ2) is 7.08. The summed E-state index contributed by atoms with van der Waals surface area (Å²) < 4.78 is 5.03. The summed E-state index contributed by atoms with van der Waals surface area (Å²) in [7, 11) is 1.56. The van der Waals surface area contributed by atoms with Gasteiger partial charge in [0.25, 0.3) is 5.91 Å². The van der Waals surface area contributed by atoms with E-state index in [1.807, 2.05) is 0 Å². The van der Waals surface area contributed by atoms with Gasteiger partial charge < -0.3 is 14.5 Å². The highest BCUT2D eigenvalue weighted by Gasteiger charge is 2.21. The summed E-state index contributed by atoms with van der Waals surface area (Å²) in [6.07, 6.45) is 0. The normalized spacial score (nSPS) is 15.6. The number of benzene rings is 1. The van der Waals surface area contributed by atoms with Gasteiger partial charge in [-0.2, -0.15) is 0 Å². The van der Waals surface area contributed by atoms with E-state index < -0.39 is 0 Å². The Labute approximate surface area is 124 Å². The van der Waals surface area contributed by atoms with Gasteiger partial charge in [0.15, 0.2) is 0 Å². The summed E-state index contributed by atoms with van der Waals surface area (Å²) in [4.78, 5) is 28.0. The van der Waals surface area contributed by atoms with Gasteiger partial charge in [-0.05, 0) is 30.8 Å². The molecule has 1 aliphatic rings. The van der Waals surface area contributed by atoms with Gasteiger partial charge in [-0.3, -0.25) is 10.1 Å². The summed E-state index contributed by atoms with van der Waals surface area (Å²) in [5, 5.41) is 2.42. The first-order chi connectivity index (χ1) is 10.1. The number of hydrogen-bond acceptors (Lipinski definition) is 4. The van der Waals surface area contributed by atoms with E-state index in [0.29, 0.717) is 24.4 Å². The van der Waals surface area contributed by atoms with Crippen LogP contribution in [0.3, 0.4) is 0 Å². The molecule has 0 aromatic heterocycles. The minimum absolute atomic E-state index is 0.327.